The molecule has 0 radical (unpaired) electrons. The van der Waals surface area contributed by atoms with Crippen LogP contribution >= 0.6 is 11.8 Å². The predicted octanol–water partition coefficient (Wildman–Crippen LogP) is -2.99. The van der Waals surface area contributed by atoms with Crippen LogP contribution in [0.3, 0.4) is 0 Å². The predicted molar refractivity (Wildman–Crippen MR) is 76.6 cm³/mol. The van der Waals surface area contributed by atoms with Crippen LogP contribution in [0.1, 0.15) is 20.3 Å². The Labute approximate surface area is 195 Å². The number of sulfone groups is 1. The Kier molecular flexibility index (Phi) is 9.30. The zero-order valence-electron chi connectivity index (χ0n) is 12.8. The van der Waals surface area contributed by atoms with Crippen molar-refractivity contribution in [2.75, 3.05) is 30.3 Å². The van der Waals surface area contributed by atoms with Gasteiger partial charge in [0.2, 0.25) is 0 Å². The van der Waals surface area contributed by atoms with E-state index >= 15 is 0 Å². The van der Waals surface area contributed by atoms with Crippen molar-refractivity contribution in [2.45, 2.75) is 25.8 Å². The topological polar surface area (TPSA) is 115 Å². The Morgan fingerprint density at radius 3 is 2.14 bits per heavy atom. The molecule has 0 atom stereocenters. The summed E-state index contributed by atoms with van der Waals surface area (Å²) in [6.45, 7) is 3.80. The fraction of sp³-hybridized carbons (Fsp3) is 0.900. The second kappa shape index (κ2) is 8.72. The van der Waals surface area contributed by atoms with Gasteiger partial charge in [-0.25, -0.2) is 26.0 Å². The van der Waals surface area contributed by atoms with E-state index < -0.39 is 43.0 Å². The minimum absolute atomic E-state index is 0. The number of carbonyl (C=O) groups excluding carboxylic acids is 1. The maximum absolute atomic E-state index is 11.8. The Morgan fingerprint density at radius 2 is 1.73 bits per heavy atom. The van der Waals surface area contributed by atoms with Crippen molar-refractivity contribution in [1.82, 2.24) is 9.32 Å². The molecule has 12 heteroatoms. The van der Waals surface area contributed by atoms with E-state index in [0.717, 1.165) is 4.42 Å². The maximum Gasteiger partial charge on any atom is 1.00 e. The molecular formula is C10H18ClCsN2O6S2. The molecule has 0 aliphatic carbocycles. The first-order valence-corrected chi connectivity index (χ1v) is 9.97. The molecule has 2 amide bonds. The normalized spacial score (nSPS) is 18.5. The largest absolute Gasteiger partial charge is 1.00 e. The molecule has 0 saturated carbocycles. The van der Waals surface area contributed by atoms with Gasteiger partial charge in [0.25, 0.3) is 0 Å². The van der Waals surface area contributed by atoms with Crippen LogP contribution in [0.25, 0.3) is 0 Å². The van der Waals surface area contributed by atoms with Crippen LogP contribution in [0.2, 0.25) is 0 Å². The third-order valence-electron chi connectivity index (χ3n) is 3.07. The minimum Gasteiger partial charge on any atom is -0.748 e. The van der Waals surface area contributed by atoms with Crippen LogP contribution in [0, 0.1) is 0 Å². The van der Waals surface area contributed by atoms with Crippen LogP contribution in [-0.4, -0.2) is 72.6 Å². The molecule has 1 saturated heterocycles. The SMILES string of the molecule is CC1(C)CN(CCS(=O)(=O)CCCS(=O)(=O)[O-])C(=O)N1Cl.[Cs+]. The minimum atomic E-state index is -4.41. The van der Waals surface area contributed by atoms with Crippen molar-refractivity contribution >= 4 is 37.8 Å². The number of nitrogens with zero attached hydrogens (tertiary/aromatic N) is 2. The Bertz CT molecular complexity index is 607. The summed E-state index contributed by atoms with van der Waals surface area (Å²) in [5, 5.41) is 0. The van der Waals surface area contributed by atoms with Crippen molar-refractivity contribution in [3.63, 3.8) is 0 Å². The third-order valence-corrected chi connectivity index (χ3v) is 6.18. The van der Waals surface area contributed by atoms with Gasteiger partial charge in [0.15, 0.2) is 9.84 Å². The average Bonchev–Trinajstić information content (AvgIpc) is 2.48. The summed E-state index contributed by atoms with van der Waals surface area (Å²) in [5.41, 5.74) is -0.584. The van der Waals surface area contributed by atoms with E-state index in [9.17, 15) is 26.2 Å². The van der Waals surface area contributed by atoms with Gasteiger partial charge in [0, 0.05) is 30.6 Å². The van der Waals surface area contributed by atoms with Crippen molar-refractivity contribution in [3.05, 3.63) is 0 Å². The van der Waals surface area contributed by atoms with E-state index in [2.05, 4.69) is 0 Å². The Hall–Kier alpha value is 1.47. The molecule has 0 aromatic heterocycles. The molecule has 0 aromatic carbocycles. The molecule has 0 aromatic rings. The van der Waals surface area contributed by atoms with Crippen molar-refractivity contribution in [2.24, 2.45) is 0 Å². The van der Waals surface area contributed by atoms with Gasteiger partial charge in [0.05, 0.1) is 27.2 Å². The van der Waals surface area contributed by atoms with Crippen LogP contribution in [-0.2, 0) is 20.0 Å². The molecule has 0 spiro atoms. The molecule has 22 heavy (non-hydrogen) atoms. The summed E-state index contributed by atoms with van der Waals surface area (Å²) in [5.74, 6) is -1.40. The Balaban J connectivity index is 0.00000441. The van der Waals surface area contributed by atoms with E-state index in [1.165, 1.54) is 4.90 Å². The molecule has 0 bridgehead atoms. The summed E-state index contributed by atoms with van der Waals surface area (Å²) in [6, 6.07) is -0.459. The third kappa shape index (κ3) is 7.57. The summed E-state index contributed by atoms with van der Waals surface area (Å²) < 4.78 is 55.7. The molecule has 1 fully saturated rings. The van der Waals surface area contributed by atoms with Gasteiger partial charge in [0.1, 0.15) is 0 Å². The zero-order chi connectivity index (χ0) is 16.5. The summed E-state index contributed by atoms with van der Waals surface area (Å²) in [4.78, 5) is 13.1. The first-order chi connectivity index (χ1) is 9.34. The van der Waals surface area contributed by atoms with Crippen molar-refractivity contribution < 1.29 is 95.1 Å². The van der Waals surface area contributed by atoms with Gasteiger partial charge in [-0.05, 0) is 20.3 Å². The van der Waals surface area contributed by atoms with Gasteiger partial charge in [-0.15, -0.1) is 0 Å². The molecule has 1 aliphatic heterocycles. The Morgan fingerprint density at radius 1 is 1.18 bits per heavy atom. The number of halogens is 1. The van der Waals surface area contributed by atoms with Gasteiger partial charge in [-0.1, -0.05) is 0 Å². The molecule has 1 rings (SSSR count). The van der Waals surface area contributed by atoms with Gasteiger partial charge >= 0.3 is 74.9 Å². The number of carbonyl (C=O) groups is 1. The number of amides is 2. The number of urea groups is 1. The molecule has 124 valence electrons. The fourth-order valence-corrected chi connectivity index (χ4v) is 4.09. The monoisotopic (exact) mass is 494 g/mol. The number of hydrogen-bond acceptors (Lipinski definition) is 6. The summed E-state index contributed by atoms with van der Waals surface area (Å²) in [7, 11) is -7.94. The molecule has 1 aliphatic rings. The molecule has 1 heterocycles. The number of rotatable bonds is 7. The second-order valence-electron chi connectivity index (χ2n) is 5.56. The van der Waals surface area contributed by atoms with Crippen molar-refractivity contribution in [1.29, 1.82) is 0 Å². The zero-order valence-corrected chi connectivity index (χ0v) is 21.5. The molecule has 0 unspecified atom stereocenters. The summed E-state index contributed by atoms with van der Waals surface area (Å²) in [6.07, 6.45) is -0.241. The molecule has 8 nitrogen and oxygen atoms in total. The van der Waals surface area contributed by atoms with E-state index in [1.54, 1.807) is 13.8 Å². The van der Waals surface area contributed by atoms with E-state index in [4.69, 9.17) is 11.8 Å². The first kappa shape index (κ1) is 23.5. The van der Waals surface area contributed by atoms with E-state index in [1.807, 2.05) is 0 Å². The van der Waals surface area contributed by atoms with E-state index in [-0.39, 0.29) is 87.6 Å². The van der Waals surface area contributed by atoms with Crippen LogP contribution in [0.5, 0.6) is 0 Å². The molecule has 0 N–H and O–H groups in total. The van der Waals surface area contributed by atoms with Crippen LogP contribution in [0.15, 0.2) is 0 Å². The first-order valence-electron chi connectivity index (χ1n) is 6.23. The van der Waals surface area contributed by atoms with Gasteiger partial charge < -0.3 is 9.45 Å². The van der Waals surface area contributed by atoms with Crippen LogP contribution in [0.4, 0.5) is 4.79 Å². The average molecular weight is 495 g/mol. The summed E-state index contributed by atoms with van der Waals surface area (Å²) >= 11 is 5.82. The standard InChI is InChI=1S/C10H19ClN2O6S2.Cs/c1-10(2)8-12(9(14)13(10)11)4-7-20(15,16)5-3-6-21(17,18)19;/h3-8H2,1-2H3,(H,17,18,19);/q;+1/p-1. The van der Waals surface area contributed by atoms with E-state index in [0.29, 0.717) is 6.54 Å². The van der Waals surface area contributed by atoms with Crippen molar-refractivity contribution in [3.8, 4) is 0 Å². The second-order valence-corrected chi connectivity index (χ2v) is 9.73. The fourth-order valence-electron chi connectivity index (χ4n) is 1.96. The smallest absolute Gasteiger partial charge is 0.748 e. The van der Waals surface area contributed by atoms with Gasteiger partial charge in [-0.2, -0.15) is 0 Å². The number of hydrogen-bond donors (Lipinski definition) is 0. The van der Waals surface area contributed by atoms with Gasteiger partial charge in [-0.3, -0.25) is 0 Å². The maximum atomic E-state index is 11.8. The van der Waals surface area contributed by atoms with Crippen LogP contribution < -0.4 is 68.9 Å². The quantitative estimate of drug-likeness (QED) is 0.275. The molecular weight excluding hydrogens is 477 g/mol.